The van der Waals surface area contributed by atoms with E-state index < -0.39 is 11.4 Å². The number of hydrogen-bond acceptors (Lipinski definition) is 3. The molecule has 5 heteroatoms. The molecule has 1 atom stereocenters. The third-order valence-electron chi connectivity index (χ3n) is 1.82. The Hall–Kier alpha value is 0.290. The molecule has 0 aromatic heterocycles. The van der Waals surface area contributed by atoms with Crippen molar-refractivity contribution in [3.05, 3.63) is 42.0 Å². The van der Waals surface area contributed by atoms with Gasteiger partial charge in [0.05, 0.1) is 11.4 Å². The average Bonchev–Trinajstić information content (AvgIpc) is 2.15. The van der Waals surface area contributed by atoms with Gasteiger partial charge in [-0.05, 0) is 25.3 Å². The van der Waals surface area contributed by atoms with Crippen LogP contribution in [-0.2, 0) is 22.0 Å². The molecule has 3 nitrogen and oxygen atoms in total. The molecule has 0 saturated heterocycles. The Kier molecular flexibility index (Phi) is 8.61. The number of hydrogen-bond donors (Lipinski definition) is 0. The van der Waals surface area contributed by atoms with Gasteiger partial charge < -0.3 is 4.55 Å². The van der Waals surface area contributed by atoms with Gasteiger partial charge in [-0.1, -0.05) is 29.8 Å². The van der Waals surface area contributed by atoms with Crippen molar-refractivity contribution in [3.8, 4) is 0 Å². The molecule has 77 valence electrons. The molecule has 0 aliphatic heterocycles. The Labute approximate surface area is 115 Å². The van der Waals surface area contributed by atoms with Crippen molar-refractivity contribution in [1.82, 2.24) is 0 Å². The fourth-order valence-electron chi connectivity index (χ4n) is 1.08. The van der Waals surface area contributed by atoms with Gasteiger partial charge in [-0.3, -0.25) is 4.18 Å². The van der Waals surface area contributed by atoms with Crippen LogP contribution >= 0.6 is 0 Å². The molecule has 1 unspecified atom stereocenters. The van der Waals surface area contributed by atoms with Crippen molar-refractivity contribution in [2.75, 3.05) is 0 Å². The summed E-state index contributed by atoms with van der Waals surface area (Å²) in [5, 5.41) is 0. The second-order valence-corrected chi connectivity index (χ2v) is 3.59. The molecule has 1 radical (unpaired) electrons. The molecule has 1 rings (SSSR count). The molecule has 1 aromatic rings. The summed E-state index contributed by atoms with van der Waals surface area (Å²) in [5.74, 6) is 0. The summed E-state index contributed by atoms with van der Waals surface area (Å²) in [6.07, 6.45) is 1.38. The van der Waals surface area contributed by atoms with Crippen LogP contribution < -0.4 is 29.6 Å². The summed E-state index contributed by atoms with van der Waals surface area (Å²) in [5.41, 5.74) is 2.39. The predicted octanol–water partition coefficient (Wildman–Crippen LogP) is -1.10. The Morgan fingerprint density at radius 3 is 2.53 bits per heavy atom. The maximum absolute atomic E-state index is 10.0. The summed E-state index contributed by atoms with van der Waals surface area (Å²) in [4.78, 5) is 0. The van der Waals surface area contributed by atoms with Gasteiger partial charge in [0.2, 0.25) is 0 Å². The first-order valence-electron chi connectivity index (χ1n) is 4.32. The minimum Gasteiger partial charge on any atom is -0.750 e. The zero-order valence-corrected chi connectivity index (χ0v) is 11.8. The first kappa shape index (κ1) is 15.3. The van der Waals surface area contributed by atoms with Gasteiger partial charge in [0.1, 0.15) is 6.61 Å². The Bertz CT molecular complexity index is 300. The Morgan fingerprint density at radius 1 is 1.40 bits per heavy atom. The summed E-state index contributed by atoms with van der Waals surface area (Å²) in [7, 11) is 0. The van der Waals surface area contributed by atoms with E-state index in [1.54, 1.807) is 0 Å². The van der Waals surface area contributed by atoms with Crippen molar-refractivity contribution in [3.63, 3.8) is 0 Å². The normalized spacial score (nSPS) is 11.9. The first-order valence-corrected chi connectivity index (χ1v) is 5.32. The van der Waals surface area contributed by atoms with E-state index >= 15 is 0 Å². The SMILES string of the molecule is Cc1ccc(CC[CH]OS(=O)[O-])cc1.[Na+]. The van der Waals surface area contributed by atoms with Gasteiger partial charge in [0.25, 0.3) is 0 Å². The van der Waals surface area contributed by atoms with Gasteiger partial charge in [-0.25, -0.2) is 4.21 Å². The molecular formula is C10H12NaO3S. The van der Waals surface area contributed by atoms with E-state index in [1.807, 2.05) is 31.2 Å². The van der Waals surface area contributed by atoms with Gasteiger partial charge in [0.15, 0.2) is 0 Å². The smallest absolute Gasteiger partial charge is 0.750 e. The number of aryl methyl sites for hydroxylation is 2. The van der Waals surface area contributed by atoms with Gasteiger partial charge in [-0.2, -0.15) is 0 Å². The monoisotopic (exact) mass is 235 g/mol. The van der Waals surface area contributed by atoms with Crippen LogP contribution in [0.25, 0.3) is 0 Å². The van der Waals surface area contributed by atoms with Crippen LogP contribution in [0.2, 0.25) is 0 Å². The third kappa shape index (κ3) is 7.22. The third-order valence-corrected chi connectivity index (χ3v) is 2.11. The van der Waals surface area contributed by atoms with Crippen LogP contribution in [-0.4, -0.2) is 8.76 Å². The predicted molar refractivity (Wildman–Crippen MR) is 53.8 cm³/mol. The number of rotatable bonds is 5. The zero-order chi connectivity index (χ0) is 10.4. The molecule has 0 spiro atoms. The van der Waals surface area contributed by atoms with Crippen LogP contribution in [0, 0.1) is 13.5 Å². The van der Waals surface area contributed by atoms with E-state index in [0.29, 0.717) is 6.42 Å². The van der Waals surface area contributed by atoms with Crippen molar-refractivity contribution in [1.29, 1.82) is 0 Å². The minimum atomic E-state index is -2.43. The molecule has 0 heterocycles. The van der Waals surface area contributed by atoms with E-state index in [9.17, 15) is 8.76 Å². The van der Waals surface area contributed by atoms with E-state index in [2.05, 4.69) is 4.18 Å². The largest absolute Gasteiger partial charge is 1.00 e. The molecule has 0 amide bonds. The fraction of sp³-hybridized carbons (Fsp3) is 0.300. The fourth-order valence-corrected chi connectivity index (χ4v) is 1.29. The second kappa shape index (κ2) is 8.44. The van der Waals surface area contributed by atoms with Crippen molar-refractivity contribution >= 4 is 11.4 Å². The van der Waals surface area contributed by atoms with Crippen molar-refractivity contribution in [2.45, 2.75) is 19.8 Å². The summed E-state index contributed by atoms with van der Waals surface area (Å²) >= 11 is -2.43. The van der Waals surface area contributed by atoms with Gasteiger partial charge in [-0.15, -0.1) is 0 Å². The van der Waals surface area contributed by atoms with Crippen LogP contribution in [0.3, 0.4) is 0 Å². The topological polar surface area (TPSA) is 49.4 Å². The molecule has 15 heavy (non-hydrogen) atoms. The maximum atomic E-state index is 10.0. The van der Waals surface area contributed by atoms with Crippen LogP contribution in [0.4, 0.5) is 0 Å². The molecule has 1 aromatic carbocycles. The van der Waals surface area contributed by atoms with Crippen LogP contribution in [0.5, 0.6) is 0 Å². The quantitative estimate of drug-likeness (QED) is 0.370. The standard InChI is InChI=1S/C10H13O3S.Na/c1-9-4-6-10(7-5-9)3-2-8-13-14(11)12;/h4-8H,2-3H2,1H3,(H,11,12);/q;+1/p-1. The molecule has 0 saturated carbocycles. The maximum Gasteiger partial charge on any atom is 1.00 e. The van der Waals surface area contributed by atoms with E-state index in [1.165, 1.54) is 17.7 Å². The van der Waals surface area contributed by atoms with E-state index in [0.717, 1.165) is 6.42 Å². The Morgan fingerprint density at radius 2 is 2.00 bits per heavy atom. The summed E-state index contributed by atoms with van der Waals surface area (Å²) in [6.45, 7) is 3.32. The first-order chi connectivity index (χ1) is 6.68. The molecule has 0 aliphatic rings. The van der Waals surface area contributed by atoms with Crippen molar-refractivity contribution < 1.29 is 42.5 Å². The average molecular weight is 235 g/mol. The zero-order valence-electron chi connectivity index (χ0n) is 8.93. The molecule has 0 fully saturated rings. The second-order valence-electron chi connectivity index (χ2n) is 2.99. The molecular weight excluding hydrogens is 223 g/mol. The Balaban J connectivity index is 0.00000196. The van der Waals surface area contributed by atoms with Crippen LogP contribution in [0.1, 0.15) is 17.5 Å². The number of benzene rings is 1. The van der Waals surface area contributed by atoms with Crippen molar-refractivity contribution in [2.24, 2.45) is 0 Å². The summed E-state index contributed by atoms with van der Waals surface area (Å²) in [6, 6.07) is 8.11. The summed E-state index contributed by atoms with van der Waals surface area (Å²) < 4.78 is 24.3. The molecule has 0 N–H and O–H groups in total. The van der Waals surface area contributed by atoms with E-state index in [4.69, 9.17) is 0 Å². The minimum absolute atomic E-state index is 0. The molecule has 0 aliphatic carbocycles. The molecule has 0 bridgehead atoms. The van der Waals surface area contributed by atoms with Gasteiger partial charge >= 0.3 is 29.6 Å². The van der Waals surface area contributed by atoms with Gasteiger partial charge in [0, 0.05) is 0 Å². The van der Waals surface area contributed by atoms with E-state index in [-0.39, 0.29) is 29.6 Å². The van der Waals surface area contributed by atoms with Crippen LogP contribution in [0.15, 0.2) is 24.3 Å².